The number of Topliss-reactive ketones (excluding diaryl/α,β-unsaturated/α-hetero) is 1. The Kier molecular flexibility index (Phi) is 6.21. The van der Waals surface area contributed by atoms with Crippen molar-refractivity contribution in [1.82, 2.24) is 0 Å². The average molecular weight is 509 g/mol. The molecule has 0 unspecified atom stereocenters. The van der Waals surface area contributed by atoms with Crippen molar-refractivity contribution < 1.29 is 33.8 Å². The van der Waals surface area contributed by atoms with E-state index in [2.05, 4.69) is 19.6 Å². The number of carbonyl (C=O) groups excluding carboxylic acids is 4. The molecule has 2 saturated heterocycles. The van der Waals surface area contributed by atoms with Crippen molar-refractivity contribution in [3.05, 3.63) is 47.6 Å². The van der Waals surface area contributed by atoms with Crippen LogP contribution in [0.3, 0.4) is 0 Å². The normalized spacial score (nSPS) is 43.2. The molecule has 0 bridgehead atoms. The fourth-order valence-corrected chi connectivity index (χ4v) is 7.69. The Hall–Kier alpha value is -2.80. The van der Waals surface area contributed by atoms with E-state index in [1.54, 1.807) is 12.2 Å². The van der Waals surface area contributed by atoms with Crippen LogP contribution in [0.15, 0.2) is 47.6 Å². The minimum absolute atomic E-state index is 0.0365. The van der Waals surface area contributed by atoms with E-state index in [-0.39, 0.29) is 59.8 Å². The van der Waals surface area contributed by atoms with E-state index < -0.39 is 23.0 Å². The van der Waals surface area contributed by atoms with Crippen LogP contribution < -0.4 is 0 Å². The zero-order valence-corrected chi connectivity index (χ0v) is 22.0. The molecule has 7 nitrogen and oxygen atoms in total. The molecule has 1 N–H and O–H groups in total. The quantitative estimate of drug-likeness (QED) is 0.456. The van der Waals surface area contributed by atoms with Crippen molar-refractivity contribution in [2.75, 3.05) is 0 Å². The van der Waals surface area contributed by atoms with E-state index in [0.29, 0.717) is 36.8 Å². The standard InChI is InChI=1S/C30H36O7/c1-15-10-26-23(9-8-20(15)7-6-17(3)31)29(28(34)37-26)13-21-12-22-18(4)27(33)36-25(22)11-16(2)30(21,35)14-24(29)19(5)32/h6-8,14-16,21-23,25-26,35H,4,9-13H2,1-3,5H3/b7-6+/t15-,16+,21+,22-,23-,25-,26+,29-,30+/m1/s1. The Morgan fingerprint density at radius 2 is 1.84 bits per heavy atom. The summed E-state index contributed by atoms with van der Waals surface area (Å²) in [4.78, 5) is 50.7. The molecule has 0 aromatic carbocycles. The van der Waals surface area contributed by atoms with Crippen LogP contribution in [-0.2, 0) is 28.7 Å². The third kappa shape index (κ3) is 3.89. The fourth-order valence-electron chi connectivity index (χ4n) is 7.69. The molecule has 2 aliphatic heterocycles. The van der Waals surface area contributed by atoms with Crippen LogP contribution in [-0.4, -0.2) is 46.4 Å². The molecule has 37 heavy (non-hydrogen) atoms. The highest BCUT2D eigenvalue weighted by Crippen LogP contribution is 2.61. The van der Waals surface area contributed by atoms with E-state index in [1.165, 1.54) is 13.8 Å². The number of ether oxygens (including phenoxy) is 2. The molecule has 0 radical (unpaired) electrons. The zero-order chi connectivity index (χ0) is 26.9. The first-order valence-corrected chi connectivity index (χ1v) is 13.3. The van der Waals surface area contributed by atoms with E-state index in [9.17, 15) is 24.3 Å². The lowest BCUT2D eigenvalue weighted by atomic mass is 9.54. The highest BCUT2D eigenvalue weighted by molar-refractivity contribution is 6.03. The molecule has 5 rings (SSSR count). The molecule has 0 aromatic heterocycles. The van der Waals surface area contributed by atoms with Gasteiger partial charge >= 0.3 is 11.9 Å². The number of aliphatic hydroxyl groups is 1. The van der Waals surface area contributed by atoms with Gasteiger partial charge in [0.15, 0.2) is 11.6 Å². The summed E-state index contributed by atoms with van der Waals surface area (Å²) >= 11 is 0. The summed E-state index contributed by atoms with van der Waals surface area (Å²) in [6, 6.07) is 0. The number of carbonyl (C=O) groups is 4. The van der Waals surface area contributed by atoms with Gasteiger partial charge in [0.05, 0.1) is 5.60 Å². The first-order chi connectivity index (χ1) is 17.4. The predicted molar refractivity (Wildman–Crippen MR) is 135 cm³/mol. The summed E-state index contributed by atoms with van der Waals surface area (Å²) < 4.78 is 11.6. The number of ketones is 2. The maximum atomic E-state index is 13.8. The van der Waals surface area contributed by atoms with E-state index in [4.69, 9.17) is 9.47 Å². The van der Waals surface area contributed by atoms with Gasteiger partial charge in [0.25, 0.3) is 0 Å². The lowest BCUT2D eigenvalue weighted by molar-refractivity contribution is -0.151. The van der Waals surface area contributed by atoms with Gasteiger partial charge < -0.3 is 14.6 Å². The third-order valence-electron chi connectivity index (χ3n) is 9.77. The van der Waals surface area contributed by atoms with Gasteiger partial charge in [-0.3, -0.25) is 14.4 Å². The minimum Gasteiger partial charge on any atom is -0.461 e. The summed E-state index contributed by atoms with van der Waals surface area (Å²) in [7, 11) is 0. The average Bonchev–Trinajstić information content (AvgIpc) is 3.09. The smallest absolute Gasteiger partial charge is 0.334 e. The molecule has 198 valence electrons. The maximum absolute atomic E-state index is 13.8. The molecule has 7 heteroatoms. The molecule has 1 saturated carbocycles. The van der Waals surface area contributed by atoms with Gasteiger partial charge in [-0.1, -0.05) is 32.6 Å². The summed E-state index contributed by atoms with van der Waals surface area (Å²) in [6.45, 7) is 10.9. The van der Waals surface area contributed by atoms with Crippen molar-refractivity contribution in [3.63, 3.8) is 0 Å². The summed E-state index contributed by atoms with van der Waals surface area (Å²) in [5.41, 5.74) is -0.724. The van der Waals surface area contributed by atoms with Gasteiger partial charge in [-0.2, -0.15) is 0 Å². The van der Waals surface area contributed by atoms with Crippen LogP contribution >= 0.6 is 0 Å². The van der Waals surface area contributed by atoms with Gasteiger partial charge in [-0.25, -0.2) is 4.79 Å². The molecular formula is C30H36O7. The molecular weight excluding hydrogens is 472 g/mol. The monoisotopic (exact) mass is 508 g/mol. The Balaban J connectivity index is 1.59. The van der Waals surface area contributed by atoms with Crippen molar-refractivity contribution in [2.45, 2.75) is 77.6 Å². The number of esters is 2. The largest absolute Gasteiger partial charge is 0.461 e. The van der Waals surface area contributed by atoms with E-state index in [1.807, 2.05) is 13.0 Å². The van der Waals surface area contributed by atoms with Gasteiger partial charge in [0.2, 0.25) is 0 Å². The molecule has 5 aliphatic rings. The van der Waals surface area contributed by atoms with Gasteiger partial charge in [-0.15, -0.1) is 0 Å². The number of fused-ring (bicyclic) bond motifs is 4. The second-order valence-corrected chi connectivity index (χ2v) is 11.9. The second kappa shape index (κ2) is 8.90. The third-order valence-corrected chi connectivity index (χ3v) is 9.77. The predicted octanol–water partition coefficient (Wildman–Crippen LogP) is 3.81. The maximum Gasteiger partial charge on any atom is 0.334 e. The van der Waals surface area contributed by atoms with Crippen LogP contribution in [0.1, 0.15) is 59.8 Å². The number of rotatable bonds is 3. The van der Waals surface area contributed by atoms with Crippen molar-refractivity contribution in [2.24, 2.45) is 35.0 Å². The van der Waals surface area contributed by atoms with Gasteiger partial charge in [0.1, 0.15) is 17.6 Å². The molecule has 0 amide bonds. The van der Waals surface area contributed by atoms with Gasteiger partial charge in [0, 0.05) is 23.0 Å². The minimum atomic E-state index is -1.31. The summed E-state index contributed by atoms with van der Waals surface area (Å²) in [5.74, 6) is -2.17. The second-order valence-electron chi connectivity index (χ2n) is 11.9. The molecule has 9 atom stereocenters. The summed E-state index contributed by atoms with van der Waals surface area (Å²) in [6.07, 6.45) is 8.64. The van der Waals surface area contributed by atoms with Crippen LogP contribution in [0, 0.1) is 35.0 Å². The Morgan fingerprint density at radius 1 is 1.11 bits per heavy atom. The highest BCUT2D eigenvalue weighted by atomic mass is 16.6. The first kappa shape index (κ1) is 25.8. The van der Waals surface area contributed by atoms with Crippen LogP contribution in [0.25, 0.3) is 0 Å². The van der Waals surface area contributed by atoms with E-state index in [0.717, 1.165) is 5.57 Å². The van der Waals surface area contributed by atoms with Crippen molar-refractivity contribution >= 4 is 23.5 Å². The topological polar surface area (TPSA) is 107 Å². The van der Waals surface area contributed by atoms with Crippen LogP contribution in [0.4, 0.5) is 0 Å². The van der Waals surface area contributed by atoms with Gasteiger partial charge in [-0.05, 0) is 81.4 Å². The van der Waals surface area contributed by atoms with Crippen LogP contribution in [0.2, 0.25) is 0 Å². The van der Waals surface area contributed by atoms with Crippen molar-refractivity contribution in [3.8, 4) is 0 Å². The zero-order valence-electron chi connectivity index (χ0n) is 22.0. The molecule has 0 aromatic rings. The molecule has 1 spiro atoms. The Morgan fingerprint density at radius 3 is 2.51 bits per heavy atom. The Labute approximate surface area is 217 Å². The Bertz CT molecular complexity index is 1170. The number of hydrogen-bond donors (Lipinski definition) is 1. The summed E-state index contributed by atoms with van der Waals surface area (Å²) in [5, 5.41) is 12.0. The van der Waals surface area contributed by atoms with E-state index >= 15 is 0 Å². The lowest BCUT2D eigenvalue weighted by Crippen LogP contribution is -2.53. The van der Waals surface area contributed by atoms with Crippen molar-refractivity contribution in [1.29, 1.82) is 0 Å². The molecule has 3 aliphatic carbocycles. The van der Waals surface area contributed by atoms with Crippen LogP contribution in [0.5, 0.6) is 0 Å². The molecule has 2 heterocycles. The lowest BCUT2D eigenvalue weighted by Gasteiger charge is -2.48. The highest BCUT2D eigenvalue weighted by Gasteiger charge is 2.66. The first-order valence-electron chi connectivity index (χ1n) is 13.3. The molecule has 3 fully saturated rings. The number of allylic oxidation sites excluding steroid dienone is 4. The number of hydrogen-bond acceptors (Lipinski definition) is 7. The fraction of sp³-hybridized carbons (Fsp3) is 0.600. The SMILES string of the molecule is C=C1C(=O)O[C@@H]2C[C@H](C)[C@@]3(O)C=C(C(C)=O)[C@]4(C[C@@H]3C[C@H]12)C(=O)O[C@H]1C[C@@H](C)C(/C=C/C(C)=O)=CC[C@H]14.